The molecule has 1 aliphatic heterocycles. The number of hydrogen-bond donors (Lipinski definition) is 1. The minimum atomic E-state index is -0.168. The molecule has 2 aliphatic rings. The van der Waals surface area contributed by atoms with Crippen LogP contribution in [0.2, 0.25) is 0 Å². The Kier molecular flexibility index (Phi) is 4.78. The number of morpholine rings is 1. The highest BCUT2D eigenvalue weighted by atomic mass is 16.5. The Morgan fingerprint density at radius 3 is 3.00 bits per heavy atom. The van der Waals surface area contributed by atoms with Gasteiger partial charge in [-0.2, -0.15) is 5.10 Å². The van der Waals surface area contributed by atoms with E-state index in [4.69, 9.17) is 4.74 Å². The maximum atomic E-state index is 12.5. The number of ether oxygens (including phenoxy) is 1. The number of rotatable bonds is 4. The number of aryl methyl sites for hydroxylation is 1. The van der Waals surface area contributed by atoms with Crippen LogP contribution in [0.25, 0.3) is 0 Å². The van der Waals surface area contributed by atoms with Crippen molar-refractivity contribution in [3.8, 4) is 0 Å². The summed E-state index contributed by atoms with van der Waals surface area (Å²) in [6.07, 6.45) is 5.28. The highest BCUT2D eigenvalue weighted by Gasteiger charge is 2.28. The van der Waals surface area contributed by atoms with E-state index in [1.54, 1.807) is 0 Å². The van der Waals surface area contributed by atoms with Crippen LogP contribution in [0.15, 0.2) is 6.20 Å². The van der Waals surface area contributed by atoms with Gasteiger partial charge < -0.3 is 9.64 Å². The molecule has 22 heavy (non-hydrogen) atoms. The van der Waals surface area contributed by atoms with Crippen LogP contribution in [0.5, 0.6) is 0 Å². The Hall–Kier alpha value is -1.40. The number of carbonyl (C=O) groups is 1. The number of hydrogen-bond acceptors (Lipinski definition) is 4. The first-order valence-electron chi connectivity index (χ1n) is 8.38. The second kappa shape index (κ2) is 6.79. The van der Waals surface area contributed by atoms with E-state index >= 15 is 0 Å². The summed E-state index contributed by atoms with van der Waals surface area (Å²) >= 11 is 0. The molecule has 1 fully saturated rings. The Morgan fingerprint density at radius 1 is 1.50 bits per heavy atom. The molecule has 2 atom stereocenters. The smallest absolute Gasteiger partial charge is 0.239 e. The molecule has 0 bridgehead atoms. The fourth-order valence-corrected chi connectivity index (χ4v) is 3.50. The first kappa shape index (κ1) is 15.5. The zero-order valence-electron chi connectivity index (χ0n) is 13.5. The van der Waals surface area contributed by atoms with E-state index in [-0.39, 0.29) is 18.0 Å². The van der Waals surface area contributed by atoms with Crippen LogP contribution in [0.4, 0.5) is 0 Å². The largest absolute Gasteiger partial charge is 0.378 e. The fraction of sp³-hybridized carbons (Fsp3) is 0.750. The van der Waals surface area contributed by atoms with Gasteiger partial charge in [-0.1, -0.05) is 0 Å². The van der Waals surface area contributed by atoms with Gasteiger partial charge in [0.2, 0.25) is 5.91 Å². The second-order valence-corrected chi connectivity index (χ2v) is 6.13. The zero-order valence-corrected chi connectivity index (χ0v) is 13.5. The summed E-state index contributed by atoms with van der Waals surface area (Å²) in [6.45, 7) is 7.70. The SMILES string of the molecule is CCn1ncc2c1CCC[C@@H]2N[C@@H](C)C(=O)N1CCOCC1. The average molecular weight is 306 g/mol. The number of carbonyl (C=O) groups excluding carboxylic acids is 1. The van der Waals surface area contributed by atoms with E-state index in [1.807, 2.05) is 18.0 Å². The van der Waals surface area contributed by atoms with Crippen molar-refractivity contribution in [1.29, 1.82) is 0 Å². The van der Waals surface area contributed by atoms with Gasteiger partial charge in [0, 0.05) is 36.9 Å². The molecule has 0 radical (unpaired) electrons. The summed E-state index contributed by atoms with van der Waals surface area (Å²) < 4.78 is 7.40. The molecule has 0 aromatic carbocycles. The Morgan fingerprint density at radius 2 is 2.27 bits per heavy atom. The first-order chi connectivity index (χ1) is 10.7. The van der Waals surface area contributed by atoms with Gasteiger partial charge in [-0.3, -0.25) is 14.8 Å². The van der Waals surface area contributed by atoms with Crippen molar-refractivity contribution < 1.29 is 9.53 Å². The topological polar surface area (TPSA) is 59.4 Å². The highest BCUT2D eigenvalue weighted by molar-refractivity contribution is 5.81. The fourth-order valence-electron chi connectivity index (χ4n) is 3.50. The monoisotopic (exact) mass is 306 g/mol. The van der Waals surface area contributed by atoms with E-state index in [9.17, 15) is 4.79 Å². The van der Waals surface area contributed by atoms with E-state index < -0.39 is 0 Å². The molecule has 3 rings (SSSR count). The van der Waals surface area contributed by atoms with Crippen LogP contribution in [0, 0.1) is 0 Å². The van der Waals surface area contributed by atoms with Gasteiger partial charge in [-0.05, 0) is 33.1 Å². The van der Waals surface area contributed by atoms with E-state index in [2.05, 4.69) is 22.0 Å². The van der Waals surface area contributed by atoms with Crippen molar-refractivity contribution in [1.82, 2.24) is 20.0 Å². The van der Waals surface area contributed by atoms with E-state index in [1.165, 1.54) is 11.3 Å². The number of amides is 1. The summed E-state index contributed by atoms with van der Waals surface area (Å²) in [5.74, 6) is 0.179. The van der Waals surface area contributed by atoms with Gasteiger partial charge >= 0.3 is 0 Å². The van der Waals surface area contributed by atoms with Gasteiger partial charge in [-0.25, -0.2) is 0 Å². The lowest BCUT2D eigenvalue weighted by atomic mass is 9.92. The van der Waals surface area contributed by atoms with E-state index in [0.29, 0.717) is 26.3 Å². The molecule has 0 unspecified atom stereocenters. The maximum absolute atomic E-state index is 12.5. The lowest BCUT2D eigenvalue weighted by Gasteiger charge is -2.32. The number of fused-ring (bicyclic) bond motifs is 1. The molecular weight excluding hydrogens is 280 g/mol. The molecule has 1 amide bonds. The quantitative estimate of drug-likeness (QED) is 0.905. The van der Waals surface area contributed by atoms with Gasteiger partial charge in [0.15, 0.2) is 0 Å². The van der Waals surface area contributed by atoms with E-state index in [0.717, 1.165) is 25.8 Å². The molecule has 122 valence electrons. The first-order valence-corrected chi connectivity index (χ1v) is 8.38. The minimum Gasteiger partial charge on any atom is -0.378 e. The summed E-state index contributed by atoms with van der Waals surface area (Å²) in [5.41, 5.74) is 2.60. The van der Waals surface area contributed by atoms with Gasteiger partial charge in [0.05, 0.1) is 25.5 Å². The summed E-state index contributed by atoms with van der Waals surface area (Å²) in [6, 6.07) is 0.0723. The second-order valence-electron chi connectivity index (χ2n) is 6.13. The molecular formula is C16H26N4O2. The predicted molar refractivity (Wildman–Crippen MR) is 83.6 cm³/mol. The minimum absolute atomic E-state index is 0.168. The maximum Gasteiger partial charge on any atom is 0.239 e. The Balaban J connectivity index is 1.66. The Bertz CT molecular complexity index is 522. The van der Waals surface area contributed by atoms with Crippen molar-refractivity contribution in [2.45, 2.75) is 51.7 Å². The van der Waals surface area contributed by atoms with Crippen molar-refractivity contribution in [3.05, 3.63) is 17.5 Å². The number of nitrogens with one attached hydrogen (secondary N) is 1. The van der Waals surface area contributed by atoms with Crippen LogP contribution in [-0.2, 0) is 22.5 Å². The molecule has 2 heterocycles. The predicted octanol–water partition coefficient (Wildman–Crippen LogP) is 1.12. The van der Waals surface area contributed by atoms with Crippen LogP contribution < -0.4 is 5.32 Å². The van der Waals surface area contributed by atoms with Crippen LogP contribution in [0.1, 0.15) is 44.0 Å². The molecule has 1 N–H and O–H groups in total. The third kappa shape index (κ3) is 3.03. The molecule has 1 aliphatic carbocycles. The Labute approximate surface area is 131 Å². The lowest BCUT2D eigenvalue weighted by Crippen LogP contribution is -2.50. The third-order valence-corrected chi connectivity index (χ3v) is 4.71. The normalized spacial score (nSPS) is 23.2. The molecule has 6 heteroatoms. The van der Waals surface area contributed by atoms with Crippen LogP contribution >= 0.6 is 0 Å². The zero-order chi connectivity index (χ0) is 15.5. The molecule has 1 aromatic rings. The summed E-state index contributed by atoms with van der Waals surface area (Å²) in [4.78, 5) is 14.4. The van der Waals surface area contributed by atoms with Gasteiger partial charge in [0.1, 0.15) is 0 Å². The van der Waals surface area contributed by atoms with Crippen LogP contribution in [0.3, 0.4) is 0 Å². The van der Waals surface area contributed by atoms with Crippen LogP contribution in [-0.4, -0.2) is 52.9 Å². The third-order valence-electron chi connectivity index (χ3n) is 4.71. The van der Waals surface area contributed by atoms with Crippen molar-refractivity contribution in [2.24, 2.45) is 0 Å². The molecule has 6 nitrogen and oxygen atoms in total. The van der Waals surface area contributed by atoms with Crippen molar-refractivity contribution >= 4 is 5.91 Å². The average Bonchev–Trinajstić information content (AvgIpc) is 2.99. The molecule has 0 spiro atoms. The van der Waals surface area contributed by atoms with Crippen molar-refractivity contribution in [3.63, 3.8) is 0 Å². The lowest BCUT2D eigenvalue weighted by molar-refractivity contribution is -0.137. The summed E-state index contributed by atoms with van der Waals surface area (Å²) in [7, 11) is 0. The number of aromatic nitrogens is 2. The standard InChI is InChI=1S/C16H26N4O2/c1-3-20-15-6-4-5-14(13(15)11-17-20)18-12(2)16(21)19-7-9-22-10-8-19/h11-12,14,18H,3-10H2,1-2H3/t12-,14-/m0/s1. The van der Waals surface area contributed by atoms with Gasteiger partial charge in [-0.15, -0.1) is 0 Å². The summed E-state index contributed by atoms with van der Waals surface area (Å²) in [5, 5.41) is 8.00. The highest BCUT2D eigenvalue weighted by Crippen LogP contribution is 2.30. The van der Waals surface area contributed by atoms with Crippen molar-refractivity contribution in [2.75, 3.05) is 26.3 Å². The molecule has 0 saturated carbocycles. The number of nitrogens with zero attached hydrogens (tertiary/aromatic N) is 3. The molecule has 1 saturated heterocycles. The van der Waals surface area contributed by atoms with Gasteiger partial charge in [0.25, 0.3) is 0 Å². The molecule has 1 aromatic heterocycles.